The molecule has 2 aromatic heterocycles. The first-order valence-corrected chi connectivity index (χ1v) is 9.10. The number of halogens is 3. The number of ether oxygens (including phenoxy) is 1. The van der Waals surface area contributed by atoms with Crippen molar-refractivity contribution in [2.45, 2.75) is 6.42 Å². The minimum atomic E-state index is -0.969. The third kappa shape index (κ3) is 3.37. The molecular formula is C21H16F3N3O3. The smallest absolute Gasteiger partial charge is 0.343 e. The second-order valence-electron chi connectivity index (χ2n) is 6.70. The first kappa shape index (κ1) is 19.8. The summed E-state index contributed by atoms with van der Waals surface area (Å²) in [4.78, 5) is 29.2. The van der Waals surface area contributed by atoms with E-state index >= 15 is 0 Å². The molecule has 1 aliphatic heterocycles. The Morgan fingerprint density at radius 3 is 2.67 bits per heavy atom. The van der Waals surface area contributed by atoms with Crippen LogP contribution < -0.4 is 10.7 Å². The zero-order chi connectivity index (χ0) is 21.4. The van der Waals surface area contributed by atoms with E-state index in [1.54, 1.807) is 6.08 Å². The Balaban J connectivity index is 2.08. The lowest BCUT2D eigenvalue weighted by molar-refractivity contribution is 0.0599. The highest BCUT2D eigenvalue weighted by Gasteiger charge is 2.22. The molecule has 0 saturated heterocycles. The molecule has 0 aliphatic carbocycles. The summed E-state index contributed by atoms with van der Waals surface area (Å²) in [5.74, 6) is -3.44. The number of pyridine rings is 2. The molecule has 0 radical (unpaired) electrons. The van der Waals surface area contributed by atoms with Crippen LogP contribution in [-0.4, -0.2) is 35.7 Å². The maximum atomic E-state index is 14.9. The molecule has 154 valence electrons. The van der Waals surface area contributed by atoms with Crippen LogP contribution in [0.5, 0.6) is 0 Å². The van der Waals surface area contributed by atoms with Crippen molar-refractivity contribution < 1.29 is 22.7 Å². The molecule has 1 aromatic carbocycles. The molecule has 9 heteroatoms. The Hall–Kier alpha value is -3.46. The largest absolute Gasteiger partial charge is 0.465 e. The highest BCUT2D eigenvalue weighted by Crippen LogP contribution is 2.26. The summed E-state index contributed by atoms with van der Waals surface area (Å²) < 4.78 is 48.5. The Morgan fingerprint density at radius 1 is 1.20 bits per heavy atom. The van der Waals surface area contributed by atoms with Gasteiger partial charge < -0.3 is 10.1 Å². The van der Waals surface area contributed by atoms with Crippen LogP contribution in [0, 0.1) is 17.5 Å². The summed E-state index contributed by atoms with van der Waals surface area (Å²) in [5, 5.41) is 2.88. The predicted octanol–water partition coefficient (Wildman–Crippen LogP) is 2.97. The van der Waals surface area contributed by atoms with Crippen molar-refractivity contribution in [2.24, 2.45) is 0 Å². The summed E-state index contributed by atoms with van der Waals surface area (Å²) in [6, 6.07) is 3.81. The summed E-state index contributed by atoms with van der Waals surface area (Å²) in [6.45, 7) is 1.17. The normalized spacial score (nSPS) is 13.9. The van der Waals surface area contributed by atoms with Gasteiger partial charge in [0.15, 0.2) is 0 Å². The number of carbonyl (C=O) groups is 1. The minimum absolute atomic E-state index is 0.0329. The molecule has 0 amide bonds. The zero-order valence-corrected chi connectivity index (χ0v) is 15.8. The van der Waals surface area contributed by atoms with E-state index in [9.17, 15) is 22.8 Å². The maximum absolute atomic E-state index is 14.9. The Kier molecular flexibility index (Phi) is 5.13. The number of methoxy groups -OCH3 is 1. The second-order valence-corrected chi connectivity index (χ2v) is 6.70. The number of benzene rings is 1. The number of carbonyl (C=O) groups excluding carboxylic acids is 1. The van der Waals surface area contributed by atoms with E-state index in [0.29, 0.717) is 31.1 Å². The summed E-state index contributed by atoms with van der Waals surface area (Å²) in [6.07, 6.45) is 3.37. The van der Waals surface area contributed by atoms with Gasteiger partial charge in [-0.15, -0.1) is 0 Å². The summed E-state index contributed by atoms with van der Waals surface area (Å²) in [5.41, 5.74) is -0.768. The second kappa shape index (κ2) is 7.75. The molecule has 0 saturated carbocycles. The summed E-state index contributed by atoms with van der Waals surface area (Å²) >= 11 is 0. The van der Waals surface area contributed by atoms with Gasteiger partial charge in [-0.1, -0.05) is 6.08 Å². The molecule has 0 atom stereocenters. The molecule has 1 N–H and O–H groups in total. The van der Waals surface area contributed by atoms with E-state index in [1.165, 1.54) is 0 Å². The molecule has 4 rings (SSSR count). The number of nitrogens with one attached hydrogen (secondary N) is 1. The molecule has 0 fully saturated rings. The van der Waals surface area contributed by atoms with Crippen LogP contribution in [-0.2, 0) is 4.74 Å². The fourth-order valence-corrected chi connectivity index (χ4v) is 3.40. The van der Waals surface area contributed by atoms with Crippen LogP contribution in [0.3, 0.4) is 0 Å². The van der Waals surface area contributed by atoms with Crippen LogP contribution in [0.15, 0.2) is 41.3 Å². The standard InChI is InChI=1S/C21H16F3N3O3/c1-30-21(29)14-10-27(17-3-2-12(22)8-15(17)23)20-13(19(14)28)9-16(24)18(26-20)11-4-6-25-7-5-11/h2-4,8-10,25H,5-7H2,1H3. The SMILES string of the molecule is COC(=O)c1cn(-c2ccc(F)cc2F)c2nc(C3=CCNCC3)c(F)cc2c1=O. The van der Waals surface area contributed by atoms with Crippen molar-refractivity contribution in [2.75, 3.05) is 20.2 Å². The van der Waals surface area contributed by atoms with Gasteiger partial charge in [0.05, 0.1) is 18.2 Å². The average molecular weight is 415 g/mol. The van der Waals surface area contributed by atoms with E-state index in [1.807, 2.05) is 0 Å². The van der Waals surface area contributed by atoms with E-state index < -0.39 is 34.4 Å². The van der Waals surface area contributed by atoms with E-state index in [2.05, 4.69) is 15.0 Å². The maximum Gasteiger partial charge on any atom is 0.343 e. The van der Waals surface area contributed by atoms with Crippen LogP contribution in [0.25, 0.3) is 22.3 Å². The molecule has 3 aromatic rings. The van der Waals surface area contributed by atoms with Gasteiger partial charge in [-0.25, -0.2) is 22.9 Å². The van der Waals surface area contributed by atoms with Crippen LogP contribution >= 0.6 is 0 Å². The lowest BCUT2D eigenvalue weighted by Gasteiger charge is -2.17. The highest BCUT2D eigenvalue weighted by molar-refractivity contribution is 5.93. The molecule has 30 heavy (non-hydrogen) atoms. The Labute approximate surface area is 168 Å². The quantitative estimate of drug-likeness (QED) is 0.666. The van der Waals surface area contributed by atoms with E-state index in [0.717, 1.165) is 36.1 Å². The average Bonchev–Trinajstić information content (AvgIpc) is 2.74. The zero-order valence-electron chi connectivity index (χ0n) is 15.8. The van der Waals surface area contributed by atoms with Crippen molar-refractivity contribution in [1.29, 1.82) is 0 Å². The number of nitrogens with zero attached hydrogens (tertiary/aromatic N) is 2. The van der Waals surface area contributed by atoms with E-state index in [4.69, 9.17) is 0 Å². The van der Waals surface area contributed by atoms with Gasteiger partial charge in [-0.05, 0) is 36.7 Å². The van der Waals surface area contributed by atoms with E-state index in [-0.39, 0.29) is 22.4 Å². The lowest BCUT2D eigenvalue weighted by Crippen LogP contribution is -2.23. The van der Waals surface area contributed by atoms with Crippen LogP contribution in [0.4, 0.5) is 13.2 Å². The van der Waals surface area contributed by atoms with Crippen LogP contribution in [0.2, 0.25) is 0 Å². The monoisotopic (exact) mass is 415 g/mol. The van der Waals surface area contributed by atoms with Gasteiger partial charge in [-0.2, -0.15) is 0 Å². The Bertz CT molecular complexity index is 1270. The summed E-state index contributed by atoms with van der Waals surface area (Å²) in [7, 11) is 1.08. The van der Waals surface area contributed by atoms with Gasteiger partial charge in [0.2, 0.25) is 5.43 Å². The van der Waals surface area contributed by atoms with Crippen LogP contribution in [0.1, 0.15) is 22.5 Å². The topological polar surface area (TPSA) is 73.2 Å². The van der Waals surface area contributed by atoms with Gasteiger partial charge in [0.25, 0.3) is 0 Å². The van der Waals surface area contributed by atoms with Gasteiger partial charge >= 0.3 is 5.97 Å². The van der Waals surface area contributed by atoms with Gasteiger partial charge in [0, 0.05) is 18.8 Å². The molecule has 3 heterocycles. The van der Waals surface area contributed by atoms with Crippen molar-refractivity contribution in [3.05, 3.63) is 75.5 Å². The molecule has 0 spiro atoms. The van der Waals surface area contributed by atoms with Crippen molar-refractivity contribution in [3.63, 3.8) is 0 Å². The molecule has 0 unspecified atom stereocenters. The first-order valence-electron chi connectivity index (χ1n) is 9.10. The number of fused-ring (bicyclic) bond motifs is 1. The number of esters is 1. The number of hydrogen-bond acceptors (Lipinski definition) is 5. The first-order chi connectivity index (χ1) is 14.4. The fourth-order valence-electron chi connectivity index (χ4n) is 3.40. The molecular weight excluding hydrogens is 399 g/mol. The lowest BCUT2D eigenvalue weighted by atomic mass is 10.0. The third-order valence-corrected chi connectivity index (χ3v) is 4.87. The number of rotatable bonds is 3. The highest BCUT2D eigenvalue weighted by atomic mass is 19.1. The minimum Gasteiger partial charge on any atom is -0.465 e. The van der Waals surface area contributed by atoms with Gasteiger partial charge in [-0.3, -0.25) is 9.36 Å². The van der Waals surface area contributed by atoms with Crippen molar-refractivity contribution >= 4 is 22.6 Å². The molecule has 6 nitrogen and oxygen atoms in total. The van der Waals surface area contributed by atoms with Gasteiger partial charge in [0.1, 0.15) is 34.4 Å². The number of hydrogen-bond donors (Lipinski definition) is 1. The third-order valence-electron chi connectivity index (χ3n) is 4.87. The van der Waals surface area contributed by atoms with Crippen molar-refractivity contribution in [1.82, 2.24) is 14.9 Å². The molecule has 0 bridgehead atoms. The number of aromatic nitrogens is 2. The predicted molar refractivity (Wildman–Crippen MR) is 104 cm³/mol. The Morgan fingerprint density at radius 2 is 2.00 bits per heavy atom. The fraction of sp³-hybridized carbons (Fsp3) is 0.190. The molecule has 1 aliphatic rings. The van der Waals surface area contributed by atoms with Crippen molar-refractivity contribution in [3.8, 4) is 5.69 Å².